The van der Waals surface area contributed by atoms with Crippen LogP contribution in [0.25, 0.3) is 16.5 Å². The van der Waals surface area contributed by atoms with Gasteiger partial charge in [0.15, 0.2) is 11.6 Å². The number of fused-ring (bicyclic) bond motifs is 1. The fourth-order valence-electron chi connectivity index (χ4n) is 3.87. The van der Waals surface area contributed by atoms with Crippen molar-refractivity contribution in [1.82, 2.24) is 14.9 Å². The number of aryl methyl sites for hydroxylation is 1. The van der Waals surface area contributed by atoms with Crippen LogP contribution in [-0.2, 0) is 13.1 Å². The van der Waals surface area contributed by atoms with Gasteiger partial charge in [-0.05, 0) is 60.9 Å². The normalized spacial score (nSPS) is 11.0. The molecule has 2 aromatic heterocycles. The molecular weight excluding hydrogens is 408 g/mol. The molecule has 6 heteroatoms. The molecule has 1 N–H and O–H groups in total. The van der Waals surface area contributed by atoms with Crippen molar-refractivity contribution < 1.29 is 13.6 Å². The maximum Gasteiger partial charge on any atom is 0.254 e. The molecule has 0 atom stereocenters. The van der Waals surface area contributed by atoms with Crippen molar-refractivity contribution in [2.75, 3.05) is 0 Å². The fraction of sp³-hybridized carbons (Fsp3) is 0.154. The molecule has 0 saturated heterocycles. The lowest BCUT2D eigenvalue weighted by atomic mass is 10.1. The number of halogens is 2. The largest absolute Gasteiger partial charge is 0.348 e. The van der Waals surface area contributed by atoms with E-state index in [1.165, 1.54) is 6.07 Å². The average molecular weight is 431 g/mol. The number of hydrogen-bond acceptors (Lipinski definition) is 2. The second-order valence-electron chi connectivity index (χ2n) is 7.86. The molecule has 0 aliphatic carbocycles. The van der Waals surface area contributed by atoms with Crippen LogP contribution in [-0.4, -0.2) is 15.5 Å². The quantitative estimate of drug-likeness (QED) is 0.430. The first-order chi connectivity index (χ1) is 15.3. The zero-order valence-corrected chi connectivity index (χ0v) is 18.0. The summed E-state index contributed by atoms with van der Waals surface area (Å²) in [7, 11) is 0. The van der Waals surface area contributed by atoms with Gasteiger partial charge in [0, 0.05) is 23.6 Å². The molecule has 162 valence electrons. The zero-order chi connectivity index (χ0) is 22.8. The van der Waals surface area contributed by atoms with Gasteiger partial charge in [0.05, 0.1) is 23.5 Å². The second kappa shape index (κ2) is 8.75. The van der Waals surface area contributed by atoms with Crippen molar-refractivity contribution in [2.24, 2.45) is 0 Å². The summed E-state index contributed by atoms with van der Waals surface area (Å²) >= 11 is 0. The smallest absolute Gasteiger partial charge is 0.254 e. The molecule has 0 aliphatic heterocycles. The lowest BCUT2D eigenvalue weighted by molar-refractivity contribution is 0.0952. The minimum atomic E-state index is -0.943. The highest BCUT2D eigenvalue weighted by Crippen LogP contribution is 2.32. The van der Waals surface area contributed by atoms with Crippen molar-refractivity contribution in [3.63, 3.8) is 0 Å². The molecule has 2 heterocycles. The van der Waals surface area contributed by atoms with E-state index < -0.39 is 11.6 Å². The third kappa shape index (κ3) is 4.17. The van der Waals surface area contributed by atoms with Gasteiger partial charge in [-0.25, -0.2) is 8.78 Å². The van der Waals surface area contributed by atoms with Gasteiger partial charge in [0.25, 0.3) is 5.91 Å². The first-order valence-corrected chi connectivity index (χ1v) is 10.3. The number of nitrogens with one attached hydrogen (secondary N) is 1. The van der Waals surface area contributed by atoms with Crippen molar-refractivity contribution in [1.29, 1.82) is 0 Å². The van der Waals surface area contributed by atoms with Crippen LogP contribution in [0.3, 0.4) is 0 Å². The monoisotopic (exact) mass is 431 g/mol. The number of nitrogens with zero attached hydrogens (tertiary/aromatic N) is 2. The minimum Gasteiger partial charge on any atom is -0.348 e. The second-order valence-corrected chi connectivity index (χ2v) is 7.86. The number of aromatic nitrogens is 2. The summed E-state index contributed by atoms with van der Waals surface area (Å²) < 4.78 is 28.8. The van der Waals surface area contributed by atoms with Crippen molar-refractivity contribution in [3.05, 3.63) is 107 Å². The fourth-order valence-corrected chi connectivity index (χ4v) is 3.87. The number of pyridine rings is 1. The molecule has 4 rings (SSSR count). The molecule has 0 spiro atoms. The Balaban J connectivity index is 1.77. The third-order valence-corrected chi connectivity index (χ3v) is 5.33. The Hall–Kier alpha value is -3.80. The lowest BCUT2D eigenvalue weighted by Crippen LogP contribution is -2.24. The summed E-state index contributed by atoms with van der Waals surface area (Å²) in [5, 5.41) is 3.64. The number of amides is 1. The Morgan fingerprint density at radius 2 is 1.91 bits per heavy atom. The molecule has 0 saturated carbocycles. The van der Waals surface area contributed by atoms with Gasteiger partial charge in [-0.2, -0.15) is 0 Å². The minimum absolute atomic E-state index is 0.0738. The first kappa shape index (κ1) is 21.4. The van der Waals surface area contributed by atoms with Crippen LogP contribution in [0.5, 0.6) is 0 Å². The van der Waals surface area contributed by atoms with E-state index in [-0.39, 0.29) is 12.5 Å². The predicted molar refractivity (Wildman–Crippen MR) is 122 cm³/mol. The Labute approximate surface area is 185 Å². The van der Waals surface area contributed by atoms with E-state index >= 15 is 0 Å². The maximum absolute atomic E-state index is 13.5. The molecule has 4 nitrogen and oxygen atoms in total. The van der Waals surface area contributed by atoms with E-state index in [1.807, 2.05) is 50.2 Å². The molecule has 0 unspecified atom stereocenters. The average Bonchev–Trinajstić information content (AvgIpc) is 3.08. The Morgan fingerprint density at radius 3 is 2.59 bits per heavy atom. The molecular formula is C26H23F2N3O. The number of carbonyl (C=O) groups is 1. The number of carbonyl (C=O) groups excluding carboxylic acids is 1. The Morgan fingerprint density at radius 1 is 1.09 bits per heavy atom. The zero-order valence-electron chi connectivity index (χ0n) is 18.0. The van der Waals surface area contributed by atoms with E-state index in [0.29, 0.717) is 17.7 Å². The van der Waals surface area contributed by atoms with E-state index in [1.54, 1.807) is 6.20 Å². The molecule has 4 aromatic rings. The summed E-state index contributed by atoms with van der Waals surface area (Å²) in [5.74, 6) is -2.17. The van der Waals surface area contributed by atoms with Crippen LogP contribution in [0.1, 0.15) is 39.8 Å². The van der Waals surface area contributed by atoms with Crippen LogP contribution in [0.15, 0.2) is 67.4 Å². The number of rotatable bonds is 6. The Kier molecular flexibility index (Phi) is 5.86. The van der Waals surface area contributed by atoms with E-state index in [4.69, 9.17) is 0 Å². The van der Waals surface area contributed by atoms with E-state index in [0.717, 1.165) is 45.6 Å². The van der Waals surface area contributed by atoms with Gasteiger partial charge in [-0.3, -0.25) is 9.78 Å². The van der Waals surface area contributed by atoms with E-state index in [2.05, 4.69) is 21.4 Å². The van der Waals surface area contributed by atoms with Crippen LogP contribution >= 0.6 is 0 Å². The summed E-state index contributed by atoms with van der Waals surface area (Å²) in [6, 6.07) is 15.2. The standard InChI is InChI=1S/C26H23F2N3O/c1-16(2)25-24(26(32)30-14-18-8-10-21(27)22(28)13-18)20-9-7-17(3)12-23(20)31(25)15-19-6-4-5-11-29-19/h4-13H,1,14-15H2,2-3H3,(H,30,32). The Bertz CT molecular complexity index is 1330. The van der Waals surface area contributed by atoms with E-state index in [9.17, 15) is 13.6 Å². The summed E-state index contributed by atoms with van der Waals surface area (Å²) in [6.45, 7) is 8.54. The first-order valence-electron chi connectivity index (χ1n) is 10.3. The van der Waals surface area contributed by atoms with Gasteiger partial charge < -0.3 is 9.88 Å². The summed E-state index contributed by atoms with van der Waals surface area (Å²) in [6.07, 6.45) is 1.74. The van der Waals surface area contributed by atoms with Crippen LogP contribution < -0.4 is 5.32 Å². The van der Waals surface area contributed by atoms with Crippen molar-refractivity contribution >= 4 is 22.4 Å². The van der Waals surface area contributed by atoms with Crippen LogP contribution in [0.4, 0.5) is 8.78 Å². The van der Waals surface area contributed by atoms with Crippen LogP contribution in [0.2, 0.25) is 0 Å². The summed E-state index contributed by atoms with van der Waals surface area (Å²) in [4.78, 5) is 17.7. The topological polar surface area (TPSA) is 46.9 Å². The lowest BCUT2D eigenvalue weighted by Gasteiger charge is -2.12. The van der Waals surface area contributed by atoms with Crippen molar-refractivity contribution in [3.8, 4) is 0 Å². The molecule has 0 fully saturated rings. The molecule has 0 bridgehead atoms. The van der Waals surface area contributed by atoms with Gasteiger partial charge in [0.2, 0.25) is 0 Å². The number of benzene rings is 2. The van der Waals surface area contributed by atoms with Gasteiger partial charge in [0.1, 0.15) is 0 Å². The highest BCUT2D eigenvalue weighted by molar-refractivity contribution is 6.11. The molecule has 1 amide bonds. The molecule has 32 heavy (non-hydrogen) atoms. The van der Waals surface area contributed by atoms with Crippen molar-refractivity contribution in [2.45, 2.75) is 26.9 Å². The van der Waals surface area contributed by atoms with Gasteiger partial charge >= 0.3 is 0 Å². The van der Waals surface area contributed by atoms with Crippen LogP contribution in [0, 0.1) is 18.6 Å². The van der Waals surface area contributed by atoms with Gasteiger partial charge in [-0.15, -0.1) is 0 Å². The number of allylic oxidation sites excluding steroid dienone is 1. The molecule has 0 aliphatic rings. The predicted octanol–water partition coefficient (Wildman–Crippen LogP) is 5.63. The molecule has 0 radical (unpaired) electrons. The van der Waals surface area contributed by atoms with Gasteiger partial charge in [-0.1, -0.05) is 30.8 Å². The third-order valence-electron chi connectivity index (χ3n) is 5.33. The SMILES string of the molecule is C=C(C)c1c(C(=O)NCc2ccc(F)c(F)c2)c2ccc(C)cc2n1Cc1ccccn1. The number of hydrogen-bond donors (Lipinski definition) is 1. The highest BCUT2D eigenvalue weighted by Gasteiger charge is 2.23. The summed E-state index contributed by atoms with van der Waals surface area (Å²) in [5.41, 5.74) is 5.29. The molecule has 2 aromatic carbocycles. The maximum atomic E-state index is 13.5. The highest BCUT2D eigenvalue weighted by atomic mass is 19.2.